The fourth-order valence-electron chi connectivity index (χ4n) is 10.4. The van der Waals surface area contributed by atoms with Crippen molar-refractivity contribution in [3.05, 3.63) is 72.9 Å². The van der Waals surface area contributed by atoms with Gasteiger partial charge < -0.3 is 33.8 Å². The van der Waals surface area contributed by atoms with Gasteiger partial charge in [-0.2, -0.15) is 0 Å². The van der Waals surface area contributed by atoms with Crippen LogP contribution < -0.4 is 0 Å². The van der Waals surface area contributed by atoms with Gasteiger partial charge in [-0.1, -0.05) is 293 Å². The van der Waals surface area contributed by atoms with Crippen LogP contribution in [0.25, 0.3) is 0 Å². The number of allylic oxidation sites excluding steroid dienone is 12. The third-order valence-corrected chi connectivity index (χ3v) is 18.1. The van der Waals surface area contributed by atoms with E-state index in [1.807, 2.05) is 0 Å². The van der Waals surface area contributed by atoms with E-state index in [-0.39, 0.29) is 25.7 Å². The van der Waals surface area contributed by atoms with Crippen molar-refractivity contribution < 1.29 is 80.2 Å². The second-order valence-electron chi connectivity index (χ2n) is 25.6. The maximum absolute atomic E-state index is 13.1. The van der Waals surface area contributed by atoms with Crippen LogP contribution in [0.4, 0.5) is 0 Å². The molecule has 0 bridgehead atoms. The Morgan fingerprint density at radius 3 is 0.875 bits per heavy atom. The Balaban J connectivity index is 5.31. The lowest BCUT2D eigenvalue weighted by Crippen LogP contribution is -2.30. The predicted molar refractivity (Wildman–Crippen MR) is 390 cm³/mol. The van der Waals surface area contributed by atoms with E-state index in [0.717, 1.165) is 148 Å². The highest BCUT2D eigenvalue weighted by atomic mass is 31.2. The van der Waals surface area contributed by atoms with Crippen molar-refractivity contribution >= 4 is 39.5 Å². The molecular formula is C77H138O17P2. The Kier molecular flexibility index (Phi) is 67.4. The van der Waals surface area contributed by atoms with E-state index in [1.165, 1.54) is 109 Å². The van der Waals surface area contributed by atoms with E-state index in [0.29, 0.717) is 25.7 Å². The first-order valence-corrected chi connectivity index (χ1v) is 41.2. The number of phosphoric acid groups is 2. The van der Waals surface area contributed by atoms with Crippen LogP contribution in [0.2, 0.25) is 0 Å². The maximum Gasteiger partial charge on any atom is 0.472 e. The molecule has 17 nitrogen and oxygen atoms in total. The molecule has 0 aliphatic carbocycles. The van der Waals surface area contributed by atoms with Gasteiger partial charge in [0, 0.05) is 25.7 Å². The molecule has 0 aromatic heterocycles. The van der Waals surface area contributed by atoms with Gasteiger partial charge in [-0.15, -0.1) is 0 Å². The molecule has 0 spiro atoms. The van der Waals surface area contributed by atoms with Crippen LogP contribution in [-0.4, -0.2) is 96.7 Å². The van der Waals surface area contributed by atoms with Gasteiger partial charge in [0.05, 0.1) is 26.4 Å². The molecule has 0 saturated carbocycles. The van der Waals surface area contributed by atoms with Gasteiger partial charge in [-0.25, -0.2) is 9.13 Å². The summed E-state index contributed by atoms with van der Waals surface area (Å²) in [6, 6.07) is 0. The van der Waals surface area contributed by atoms with E-state index in [2.05, 4.69) is 101 Å². The highest BCUT2D eigenvalue weighted by Crippen LogP contribution is 2.45. The lowest BCUT2D eigenvalue weighted by molar-refractivity contribution is -0.161. The number of carbonyl (C=O) groups is 4. The number of ether oxygens (including phenoxy) is 4. The van der Waals surface area contributed by atoms with Gasteiger partial charge >= 0.3 is 39.5 Å². The largest absolute Gasteiger partial charge is 0.472 e. The molecule has 0 aromatic carbocycles. The number of unbranched alkanes of at least 4 members (excludes halogenated alkanes) is 34. The van der Waals surface area contributed by atoms with Crippen LogP contribution in [0.1, 0.15) is 336 Å². The van der Waals surface area contributed by atoms with Crippen molar-refractivity contribution in [2.75, 3.05) is 39.6 Å². The Morgan fingerprint density at radius 2 is 0.562 bits per heavy atom. The van der Waals surface area contributed by atoms with Crippen molar-refractivity contribution in [2.24, 2.45) is 0 Å². The highest BCUT2D eigenvalue weighted by Gasteiger charge is 2.30. The number of hydrogen-bond donors (Lipinski definition) is 3. The lowest BCUT2D eigenvalue weighted by Gasteiger charge is -2.21. The van der Waals surface area contributed by atoms with Gasteiger partial charge in [0.1, 0.15) is 19.3 Å². The van der Waals surface area contributed by atoms with Gasteiger partial charge in [-0.3, -0.25) is 37.3 Å². The van der Waals surface area contributed by atoms with Crippen LogP contribution >= 0.6 is 15.6 Å². The summed E-state index contributed by atoms with van der Waals surface area (Å²) in [4.78, 5) is 72.8. The molecule has 0 fully saturated rings. The number of hydrogen-bond acceptors (Lipinski definition) is 15. The monoisotopic (exact) mass is 1400 g/mol. The summed E-state index contributed by atoms with van der Waals surface area (Å²) in [5.74, 6) is -2.19. The minimum Gasteiger partial charge on any atom is -0.462 e. The molecule has 0 rings (SSSR count). The molecule has 558 valence electrons. The third kappa shape index (κ3) is 69.0. The van der Waals surface area contributed by atoms with E-state index >= 15 is 0 Å². The second-order valence-corrected chi connectivity index (χ2v) is 28.5. The van der Waals surface area contributed by atoms with Crippen molar-refractivity contribution in [1.82, 2.24) is 0 Å². The normalized spacial score (nSPS) is 14.4. The molecule has 3 N–H and O–H groups in total. The fourth-order valence-corrected chi connectivity index (χ4v) is 11.9. The van der Waals surface area contributed by atoms with Gasteiger partial charge in [0.2, 0.25) is 0 Å². The number of aliphatic hydroxyl groups is 1. The quantitative estimate of drug-likeness (QED) is 0.0169. The first-order chi connectivity index (χ1) is 46.7. The Morgan fingerprint density at radius 1 is 0.302 bits per heavy atom. The topological polar surface area (TPSA) is 237 Å². The number of carbonyl (C=O) groups excluding carboxylic acids is 4. The molecule has 0 aromatic rings. The second kappa shape index (κ2) is 70.0. The van der Waals surface area contributed by atoms with E-state index < -0.39 is 97.5 Å². The van der Waals surface area contributed by atoms with Gasteiger partial charge in [0.25, 0.3) is 0 Å². The summed E-state index contributed by atoms with van der Waals surface area (Å²) in [5.41, 5.74) is 0. The van der Waals surface area contributed by atoms with E-state index in [1.54, 1.807) is 0 Å². The summed E-state index contributed by atoms with van der Waals surface area (Å²) < 4.78 is 68.4. The molecule has 5 atom stereocenters. The summed E-state index contributed by atoms with van der Waals surface area (Å²) in [7, 11) is -9.94. The van der Waals surface area contributed by atoms with Crippen molar-refractivity contribution in [2.45, 2.75) is 354 Å². The molecule has 0 heterocycles. The van der Waals surface area contributed by atoms with Crippen molar-refractivity contribution in [3.8, 4) is 0 Å². The molecule has 5 unspecified atom stereocenters. The average molecular weight is 1400 g/mol. The SMILES string of the molecule is CC/C=C\C/C=C\C/C=C\C/C=C\CCCCCCC(=O)OCC(COP(=O)(O)OCC(O)COP(=O)(O)OCC(COC(=O)CCCCCCCCCCCCCCCCC)OC(=O)CCCCCCC/C=C\C/C=C\CCC)OC(=O)CCCCCCCCCCCCC. The van der Waals surface area contributed by atoms with Crippen LogP contribution in [-0.2, 0) is 65.4 Å². The molecule has 0 saturated heterocycles. The first kappa shape index (κ1) is 92.5. The van der Waals surface area contributed by atoms with E-state index in [9.17, 15) is 43.2 Å². The van der Waals surface area contributed by atoms with Crippen LogP contribution in [0.15, 0.2) is 72.9 Å². The minimum absolute atomic E-state index is 0.0828. The number of aliphatic hydroxyl groups excluding tert-OH is 1. The lowest BCUT2D eigenvalue weighted by atomic mass is 10.0. The fraction of sp³-hybridized carbons (Fsp3) is 0.792. The molecule has 96 heavy (non-hydrogen) atoms. The predicted octanol–water partition coefficient (Wildman–Crippen LogP) is 21.7. The summed E-state index contributed by atoms with van der Waals surface area (Å²) >= 11 is 0. The van der Waals surface area contributed by atoms with Crippen LogP contribution in [0.3, 0.4) is 0 Å². The third-order valence-electron chi connectivity index (χ3n) is 16.2. The number of esters is 4. The average Bonchev–Trinajstić information content (AvgIpc) is 1.13. The Hall–Kier alpha value is -3.50. The van der Waals surface area contributed by atoms with Gasteiger partial charge in [0.15, 0.2) is 12.2 Å². The van der Waals surface area contributed by atoms with Crippen LogP contribution in [0, 0.1) is 0 Å². The smallest absolute Gasteiger partial charge is 0.462 e. The highest BCUT2D eigenvalue weighted by molar-refractivity contribution is 7.47. The molecule has 19 heteroatoms. The maximum atomic E-state index is 13.1. The number of rotatable bonds is 72. The zero-order valence-electron chi connectivity index (χ0n) is 60.8. The zero-order valence-corrected chi connectivity index (χ0v) is 62.6. The first-order valence-electron chi connectivity index (χ1n) is 38.2. The van der Waals surface area contributed by atoms with Crippen molar-refractivity contribution in [3.63, 3.8) is 0 Å². The summed E-state index contributed by atoms with van der Waals surface area (Å²) in [5, 5.41) is 10.6. The Bertz CT molecular complexity index is 2110. The molecule has 0 amide bonds. The number of phosphoric ester groups is 2. The zero-order chi connectivity index (χ0) is 70.4. The molecule has 0 radical (unpaired) electrons. The standard InChI is InChI=1S/C77H138O17P2/c1-5-9-13-17-21-25-29-32-34-35-37-40-43-46-50-54-58-62-75(80)87-67-72(93-76(81)63-59-55-51-47-41-28-24-20-16-12-8-4)69-91-95(83,84)89-65-71(78)66-90-96(85,86)92-70-73(94-77(82)64-60-56-52-48-44-38-31-27-23-19-15-11-7-3)68-88-74(79)61-57-53-49-45-42-39-36-33-30-26-22-18-14-10-6-2/h9,13,15,19,21,25,27,31-32,34,37,40,71-73,78H,5-8,10-12,14,16-18,20,22-24,26,28-30,33,35-36,38-39,41-70H2,1-4H3,(H,83,84)(H,85,86)/b13-9-,19-15-,25-21-,31-27-,34-32-,40-37-. The molecular weight excluding hydrogens is 1260 g/mol. The molecule has 0 aliphatic rings. The molecule has 0 aliphatic heterocycles. The minimum atomic E-state index is -4.97. The summed E-state index contributed by atoms with van der Waals surface area (Å²) in [6.45, 7) is 4.69. The Labute approximate surface area is 583 Å². The van der Waals surface area contributed by atoms with Crippen molar-refractivity contribution in [1.29, 1.82) is 0 Å². The van der Waals surface area contributed by atoms with Crippen LogP contribution in [0.5, 0.6) is 0 Å². The van der Waals surface area contributed by atoms with Gasteiger partial charge in [-0.05, 0) is 89.9 Å². The summed E-state index contributed by atoms with van der Waals surface area (Å²) in [6.07, 6.45) is 68.9. The van der Waals surface area contributed by atoms with E-state index in [4.69, 9.17) is 37.0 Å².